The van der Waals surface area contributed by atoms with Gasteiger partial charge >= 0.3 is 6.55 Å². The van der Waals surface area contributed by atoms with Gasteiger partial charge in [-0.1, -0.05) is 30.3 Å². The van der Waals surface area contributed by atoms with Crippen LogP contribution in [0, 0.1) is 0 Å². The molecule has 3 atom stereocenters. The molecule has 2 aromatic rings. The monoisotopic (exact) mass is 420 g/mol. The first-order chi connectivity index (χ1) is 14.3. The van der Waals surface area contributed by atoms with Crippen LogP contribution in [0.1, 0.15) is 55.2 Å². The maximum Gasteiger partial charge on any atom is 0.333 e. The Kier molecular flexibility index (Phi) is 6.81. The van der Waals surface area contributed by atoms with Gasteiger partial charge in [0, 0.05) is 25.1 Å². The minimum absolute atomic E-state index is 0.0803. The van der Waals surface area contributed by atoms with Crippen LogP contribution in [0.3, 0.4) is 0 Å². The van der Waals surface area contributed by atoms with E-state index in [-0.39, 0.29) is 24.2 Å². The number of nitrogens with zero attached hydrogens (tertiary/aromatic N) is 2. The molecule has 1 heterocycles. The second-order valence-corrected chi connectivity index (χ2v) is 7.74. The Morgan fingerprint density at radius 3 is 2.57 bits per heavy atom. The van der Waals surface area contributed by atoms with Gasteiger partial charge in [0.2, 0.25) is 5.91 Å². The van der Waals surface area contributed by atoms with Crippen LogP contribution in [0.5, 0.6) is 0 Å². The van der Waals surface area contributed by atoms with Crippen LogP contribution < -0.4 is 10.6 Å². The molecule has 0 saturated heterocycles. The number of aromatic nitrogens is 2. The summed E-state index contributed by atoms with van der Waals surface area (Å²) >= 11 is 0. The van der Waals surface area contributed by atoms with Gasteiger partial charge < -0.3 is 15.7 Å². The van der Waals surface area contributed by atoms with Crippen LogP contribution in [0.15, 0.2) is 42.6 Å². The van der Waals surface area contributed by atoms with E-state index in [0.29, 0.717) is 30.4 Å². The summed E-state index contributed by atoms with van der Waals surface area (Å²) in [5.74, 6) is -0.734. The maximum atomic E-state index is 12.7. The van der Waals surface area contributed by atoms with E-state index in [1.807, 2.05) is 30.3 Å². The first-order valence-corrected chi connectivity index (χ1v) is 9.93. The number of hydrogen-bond acceptors (Lipinski definition) is 4. The van der Waals surface area contributed by atoms with Crippen molar-refractivity contribution < 1.29 is 23.5 Å². The molecule has 1 fully saturated rings. The predicted octanol–water partition coefficient (Wildman–Crippen LogP) is 2.39. The second kappa shape index (κ2) is 9.34. The van der Waals surface area contributed by atoms with E-state index in [9.17, 15) is 23.5 Å². The lowest BCUT2D eigenvalue weighted by Crippen LogP contribution is -2.42. The molecular formula is C21H26F2N4O3. The number of aliphatic hydroxyl groups excluding tert-OH is 1. The summed E-state index contributed by atoms with van der Waals surface area (Å²) in [6.07, 6.45) is 2.61. The molecule has 0 radical (unpaired) electrons. The summed E-state index contributed by atoms with van der Waals surface area (Å²) < 4.78 is 25.9. The average Bonchev–Trinajstić information content (AvgIpc) is 3.17. The molecule has 1 aromatic heterocycles. The van der Waals surface area contributed by atoms with E-state index < -0.39 is 24.0 Å². The van der Waals surface area contributed by atoms with Crippen molar-refractivity contribution >= 4 is 11.8 Å². The molecule has 7 nitrogen and oxygen atoms in total. The summed E-state index contributed by atoms with van der Waals surface area (Å²) in [6.45, 7) is -1.13. The Hall–Kier alpha value is -2.81. The van der Waals surface area contributed by atoms with Crippen molar-refractivity contribution in [3.05, 3.63) is 53.9 Å². The van der Waals surface area contributed by atoms with E-state index in [2.05, 4.69) is 15.7 Å². The van der Waals surface area contributed by atoms with Gasteiger partial charge in [0.25, 0.3) is 5.91 Å². The fraction of sp³-hybridized carbons (Fsp3) is 0.476. The summed E-state index contributed by atoms with van der Waals surface area (Å²) in [5, 5.41) is 19.7. The van der Waals surface area contributed by atoms with E-state index in [1.165, 1.54) is 13.0 Å². The molecule has 30 heavy (non-hydrogen) atoms. The van der Waals surface area contributed by atoms with Crippen molar-refractivity contribution in [1.82, 2.24) is 20.4 Å². The highest BCUT2D eigenvalue weighted by molar-refractivity contribution is 5.92. The number of nitrogens with one attached hydrogen (secondary N) is 2. The van der Waals surface area contributed by atoms with Crippen LogP contribution in [-0.4, -0.2) is 45.4 Å². The van der Waals surface area contributed by atoms with Gasteiger partial charge in [-0.25, -0.2) is 4.68 Å². The molecule has 3 N–H and O–H groups in total. The first-order valence-electron chi connectivity index (χ1n) is 9.93. The van der Waals surface area contributed by atoms with Gasteiger partial charge in [0.15, 0.2) is 0 Å². The third-order valence-corrected chi connectivity index (χ3v) is 5.72. The third-order valence-electron chi connectivity index (χ3n) is 5.72. The quantitative estimate of drug-likeness (QED) is 0.626. The van der Waals surface area contributed by atoms with Crippen molar-refractivity contribution in [3.8, 4) is 0 Å². The minimum Gasteiger partial charge on any atom is -0.391 e. The summed E-state index contributed by atoms with van der Waals surface area (Å²) in [4.78, 5) is 24.0. The van der Waals surface area contributed by atoms with Crippen molar-refractivity contribution in [1.29, 1.82) is 0 Å². The van der Waals surface area contributed by atoms with E-state index in [1.54, 1.807) is 0 Å². The molecule has 1 saturated carbocycles. The molecule has 0 bridgehead atoms. The molecule has 9 heteroatoms. The predicted molar refractivity (Wildman–Crippen MR) is 106 cm³/mol. The Balaban J connectivity index is 1.79. The summed E-state index contributed by atoms with van der Waals surface area (Å²) in [7, 11) is 0. The lowest BCUT2D eigenvalue weighted by molar-refractivity contribution is -0.120. The number of aliphatic hydroxyl groups is 1. The van der Waals surface area contributed by atoms with Crippen molar-refractivity contribution in [2.45, 2.75) is 56.7 Å². The fourth-order valence-corrected chi connectivity index (χ4v) is 4.07. The molecule has 0 aliphatic heterocycles. The van der Waals surface area contributed by atoms with Gasteiger partial charge in [0.1, 0.15) is 5.69 Å². The van der Waals surface area contributed by atoms with Gasteiger partial charge in [-0.3, -0.25) is 9.59 Å². The van der Waals surface area contributed by atoms with E-state index in [0.717, 1.165) is 11.8 Å². The fourth-order valence-electron chi connectivity index (χ4n) is 4.07. The number of carbonyl (C=O) groups is 2. The number of hydrogen-bond donors (Lipinski definition) is 3. The number of benzene rings is 1. The highest BCUT2D eigenvalue weighted by Gasteiger charge is 2.38. The van der Waals surface area contributed by atoms with Gasteiger partial charge in [-0.15, -0.1) is 0 Å². The molecule has 2 amide bonds. The molecular weight excluding hydrogens is 394 g/mol. The average molecular weight is 420 g/mol. The number of amides is 2. The van der Waals surface area contributed by atoms with Crippen LogP contribution >= 0.6 is 0 Å². The lowest BCUT2D eigenvalue weighted by atomic mass is 9.74. The van der Waals surface area contributed by atoms with Crippen molar-refractivity contribution in [2.24, 2.45) is 0 Å². The van der Waals surface area contributed by atoms with E-state index in [4.69, 9.17) is 0 Å². The van der Waals surface area contributed by atoms with Crippen LogP contribution in [0.4, 0.5) is 8.78 Å². The zero-order valence-electron chi connectivity index (χ0n) is 16.7. The van der Waals surface area contributed by atoms with Crippen LogP contribution in [0.25, 0.3) is 0 Å². The van der Waals surface area contributed by atoms with Crippen LogP contribution in [0.2, 0.25) is 0 Å². The molecule has 0 unspecified atom stereocenters. The Morgan fingerprint density at radius 1 is 1.23 bits per heavy atom. The van der Waals surface area contributed by atoms with Crippen molar-refractivity contribution in [3.63, 3.8) is 0 Å². The molecule has 0 spiro atoms. The number of alkyl halides is 2. The zero-order valence-corrected chi connectivity index (χ0v) is 16.7. The van der Waals surface area contributed by atoms with Gasteiger partial charge in [0.05, 0.1) is 12.1 Å². The summed E-state index contributed by atoms with van der Waals surface area (Å²) in [5.41, 5.74) is 0.471. The zero-order chi connectivity index (χ0) is 21.7. The highest BCUT2D eigenvalue weighted by atomic mass is 19.3. The van der Waals surface area contributed by atoms with E-state index >= 15 is 0 Å². The highest BCUT2D eigenvalue weighted by Crippen LogP contribution is 2.38. The first kappa shape index (κ1) is 21.9. The Bertz CT molecular complexity index is 874. The molecule has 3 rings (SSSR count). The van der Waals surface area contributed by atoms with Gasteiger partial charge in [-0.2, -0.15) is 13.9 Å². The topological polar surface area (TPSA) is 96.3 Å². The third kappa shape index (κ3) is 5.02. The molecule has 1 aromatic carbocycles. The second-order valence-electron chi connectivity index (χ2n) is 7.74. The van der Waals surface area contributed by atoms with Gasteiger partial charge in [-0.05, 0) is 37.3 Å². The normalized spacial score (nSPS) is 24.3. The molecule has 162 valence electrons. The Labute approximate surface area is 173 Å². The smallest absolute Gasteiger partial charge is 0.333 e. The van der Waals surface area contributed by atoms with Crippen molar-refractivity contribution in [2.75, 3.05) is 6.54 Å². The Morgan fingerprint density at radius 2 is 1.93 bits per heavy atom. The molecule has 1 aliphatic carbocycles. The number of halogens is 2. The van der Waals surface area contributed by atoms with Crippen LogP contribution in [-0.2, 0) is 10.2 Å². The minimum atomic E-state index is -2.81. The largest absolute Gasteiger partial charge is 0.391 e. The SMILES string of the molecule is CC(=O)N[C@H]1CC[C@](CNC(=O)c2ccn(C(F)F)n2)(c2ccccc2)CC[C@@H]1O. The number of rotatable bonds is 6. The standard InChI is InChI=1S/C21H26F2N4O3/c1-14(28)25-16-7-10-21(11-8-18(16)29,15-5-3-2-4-6-15)13-24-19(30)17-9-12-27(26-17)20(22)23/h2-6,9,12,16,18,20,29H,7-8,10-11,13H2,1H3,(H,24,30)(H,25,28)/t16-,18-,21-/m0/s1. The lowest BCUT2D eigenvalue weighted by Gasteiger charge is -2.34. The maximum absolute atomic E-state index is 12.7. The summed E-state index contributed by atoms with van der Waals surface area (Å²) in [6, 6.07) is 10.6. The molecule has 1 aliphatic rings. The number of carbonyl (C=O) groups excluding carboxylic acids is 2.